The van der Waals surface area contributed by atoms with Crippen molar-refractivity contribution in [3.8, 4) is 11.4 Å². The van der Waals surface area contributed by atoms with Gasteiger partial charge >= 0.3 is 0 Å². The number of ether oxygens (including phenoxy) is 1. The highest BCUT2D eigenvalue weighted by atomic mass is 32.2. The molecule has 4 aromatic rings. The van der Waals surface area contributed by atoms with Gasteiger partial charge in [0.2, 0.25) is 5.91 Å². The number of carbonyl (C=O) groups excluding carboxylic acids is 2. The zero-order chi connectivity index (χ0) is 24.2. The molecule has 2 aromatic heterocycles. The molecule has 0 aliphatic carbocycles. The van der Waals surface area contributed by atoms with Gasteiger partial charge in [-0.2, -0.15) is 0 Å². The Balaban J connectivity index is 1.38. The van der Waals surface area contributed by atoms with Crippen LogP contribution in [0.3, 0.4) is 0 Å². The number of benzene rings is 2. The average Bonchev–Trinajstić information content (AvgIpc) is 3.65. The third kappa shape index (κ3) is 4.80. The largest absolute Gasteiger partial charge is 0.495 e. The monoisotopic (exact) mass is 505 g/mol. The minimum atomic E-state index is -0.174. The van der Waals surface area contributed by atoms with Crippen molar-refractivity contribution in [1.29, 1.82) is 0 Å². The Bertz CT molecular complexity index is 1350. The van der Waals surface area contributed by atoms with Crippen LogP contribution in [0.2, 0.25) is 0 Å². The lowest BCUT2D eigenvalue weighted by Gasteiger charge is -2.17. The third-order valence-corrected chi connectivity index (χ3v) is 7.47. The highest BCUT2D eigenvalue weighted by molar-refractivity contribution is 7.99. The molecule has 0 fully saturated rings. The van der Waals surface area contributed by atoms with E-state index in [9.17, 15) is 9.59 Å². The fraction of sp³-hybridized carbons (Fsp3) is 0.200. The number of hydrogen-bond acceptors (Lipinski definition) is 7. The van der Waals surface area contributed by atoms with E-state index in [4.69, 9.17) is 4.74 Å². The van der Waals surface area contributed by atoms with Gasteiger partial charge in [-0.15, -0.1) is 21.5 Å². The van der Waals surface area contributed by atoms with Gasteiger partial charge in [-0.25, -0.2) is 0 Å². The molecular formula is C25H23N5O3S2. The van der Waals surface area contributed by atoms with E-state index in [1.807, 2.05) is 63.4 Å². The van der Waals surface area contributed by atoms with Crippen LogP contribution in [0.25, 0.3) is 5.69 Å². The lowest BCUT2D eigenvalue weighted by Crippen LogP contribution is -2.30. The number of rotatable bonds is 8. The molecule has 3 heterocycles. The Labute approximate surface area is 210 Å². The minimum absolute atomic E-state index is 0.0158. The van der Waals surface area contributed by atoms with Crippen molar-refractivity contribution in [2.45, 2.75) is 18.1 Å². The number of nitrogens with one attached hydrogen (secondary N) is 1. The van der Waals surface area contributed by atoms with E-state index < -0.39 is 0 Å². The summed E-state index contributed by atoms with van der Waals surface area (Å²) in [5.41, 5.74) is 2.90. The molecule has 1 aliphatic rings. The molecule has 0 saturated heterocycles. The molecule has 178 valence electrons. The molecule has 5 rings (SSSR count). The van der Waals surface area contributed by atoms with E-state index in [2.05, 4.69) is 21.6 Å². The highest BCUT2D eigenvalue weighted by Gasteiger charge is 2.25. The number of fused-ring (bicyclic) bond motifs is 1. The summed E-state index contributed by atoms with van der Waals surface area (Å²) in [6.07, 6.45) is 0.859. The molecule has 0 radical (unpaired) electrons. The summed E-state index contributed by atoms with van der Waals surface area (Å²) in [6.45, 7) is 0.855. The minimum Gasteiger partial charge on any atom is -0.495 e. The van der Waals surface area contributed by atoms with Gasteiger partial charge in [0, 0.05) is 12.2 Å². The zero-order valence-electron chi connectivity index (χ0n) is 19.0. The molecule has 1 N–H and O–H groups in total. The number of carbonyl (C=O) groups is 2. The number of aromatic nitrogens is 3. The first-order valence-electron chi connectivity index (χ1n) is 11.1. The molecule has 0 bridgehead atoms. The number of anilines is 1. The van der Waals surface area contributed by atoms with E-state index in [0.29, 0.717) is 28.2 Å². The van der Waals surface area contributed by atoms with E-state index in [0.717, 1.165) is 17.8 Å². The van der Waals surface area contributed by atoms with Gasteiger partial charge in [-0.05, 0) is 41.6 Å². The quantitative estimate of drug-likeness (QED) is 0.365. The van der Waals surface area contributed by atoms with Crippen molar-refractivity contribution in [2.75, 3.05) is 24.3 Å². The number of thioether (sulfide) groups is 1. The molecule has 2 amide bonds. The maximum Gasteiger partial charge on any atom is 0.261 e. The smallest absolute Gasteiger partial charge is 0.261 e. The number of thiophene rings is 1. The van der Waals surface area contributed by atoms with Crippen molar-refractivity contribution in [3.63, 3.8) is 0 Å². The van der Waals surface area contributed by atoms with Crippen LogP contribution in [0, 0.1) is 0 Å². The van der Waals surface area contributed by atoms with Gasteiger partial charge in [0.15, 0.2) is 11.0 Å². The van der Waals surface area contributed by atoms with E-state index in [1.54, 1.807) is 13.2 Å². The van der Waals surface area contributed by atoms with Crippen molar-refractivity contribution >= 4 is 40.6 Å². The Kier molecular flexibility index (Phi) is 6.82. The van der Waals surface area contributed by atoms with Crippen LogP contribution < -0.4 is 15.0 Å². The number of hydrogen-bond donors (Lipinski definition) is 1. The van der Waals surface area contributed by atoms with E-state index in [-0.39, 0.29) is 24.1 Å². The van der Waals surface area contributed by atoms with Gasteiger partial charge in [-0.1, -0.05) is 48.2 Å². The van der Waals surface area contributed by atoms with Crippen molar-refractivity contribution < 1.29 is 14.3 Å². The number of nitrogens with zero attached hydrogens (tertiary/aromatic N) is 4. The predicted molar refractivity (Wildman–Crippen MR) is 137 cm³/mol. The summed E-state index contributed by atoms with van der Waals surface area (Å²) < 4.78 is 7.40. The average molecular weight is 506 g/mol. The zero-order valence-corrected chi connectivity index (χ0v) is 20.6. The summed E-state index contributed by atoms with van der Waals surface area (Å²) in [4.78, 5) is 28.0. The molecule has 2 aromatic carbocycles. The Hall–Kier alpha value is -3.63. The molecular weight excluding hydrogens is 482 g/mol. The summed E-state index contributed by atoms with van der Waals surface area (Å²) in [6, 6.07) is 19.1. The van der Waals surface area contributed by atoms with Gasteiger partial charge < -0.3 is 15.0 Å². The molecule has 0 spiro atoms. The van der Waals surface area contributed by atoms with Gasteiger partial charge in [-0.3, -0.25) is 14.2 Å². The molecule has 8 nitrogen and oxygen atoms in total. The molecule has 0 atom stereocenters. The van der Waals surface area contributed by atoms with Gasteiger partial charge in [0.1, 0.15) is 5.75 Å². The van der Waals surface area contributed by atoms with Gasteiger partial charge in [0.25, 0.3) is 5.91 Å². The van der Waals surface area contributed by atoms with Crippen LogP contribution in [-0.4, -0.2) is 46.0 Å². The molecule has 0 saturated carbocycles. The SMILES string of the molecule is COc1ccccc1-n1c(CNC(=O)c2cccs2)nnc1SCC(=O)N1CCc2ccccc21. The number of para-hydroxylation sites is 3. The molecule has 1 aliphatic heterocycles. The summed E-state index contributed by atoms with van der Waals surface area (Å²) >= 11 is 2.69. The second kappa shape index (κ2) is 10.3. The van der Waals surface area contributed by atoms with Crippen LogP contribution in [-0.2, 0) is 17.8 Å². The second-order valence-corrected chi connectivity index (χ2v) is 9.67. The maximum atomic E-state index is 13.1. The Morgan fingerprint density at radius 2 is 1.86 bits per heavy atom. The molecule has 10 heteroatoms. The van der Waals surface area contributed by atoms with Crippen molar-refractivity contribution in [1.82, 2.24) is 20.1 Å². The first kappa shape index (κ1) is 23.1. The lowest BCUT2D eigenvalue weighted by atomic mass is 10.2. The molecule has 35 heavy (non-hydrogen) atoms. The fourth-order valence-corrected chi connectivity index (χ4v) is 5.50. The maximum absolute atomic E-state index is 13.1. The molecule has 0 unspecified atom stereocenters. The second-order valence-electron chi connectivity index (χ2n) is 7.78. The summed E-state index contributed by atoms with van der Waals surface area (Å²) in [5.74, 6) is 1.23. The topological polar surface area (TPSA) is 89.3 Å². The third-order valence-electron chi connectivity index (χ3n) is 5.69. The van der Waals surface area contributed by atoms with E-state index in [1.165, 1.54) is 28.7 Å². The first-order valence-corrected chi connectivity index (χ1v) is 12.9. The normalized spacial score (nSPS) is 12.4. The summed E-state index contributed by atoms with van der Waals surface area (Å²) in [5, 5.41) is 14.0. The summed E-state index contributed by atoms with van der Waals surface area (Å²) in [7, 11) is 1.60. The van der Waals surface area contributed by atoms with Crippen LogP contribution >= 0.6 is 23.1 Å². The fourth-order valence-electron chi connectivity index (χ4n) is 4.02. The number of methoxy groups -OCH3 is 1. The Morgan fingerprint density at radius 1 is 1.06 bits per heavy atom. The van der Waals surface area contributed by atoms with Crippen molar-refractivity contribution in [3.05, 3.63) is 82.3 Å². The number of amides is 2. The highest BCUT2D eigenvalue weighted by Crippen LogP contribution is 2.31. The Morgan fingerprint density at radius 3 is 2.66 bits per heavy atom. The van der Waals surface area contributed by atoms with Gasteiger partial charge in [0.05, 0.1) is 30.0 Å². The van der Waals surface area contributed by atoms with Crippen LogP contribution in [0.1, 0.15) is 21.1 Å². The predicted octanol–water partition coefficient (Wildman–Crippen LogP) is 3.95. The van der Waals surface area contributed by atoms with E-state index >= 15 is 0 Å². The van der Waals surface area contributed by atoms with Crippen molar-refractivity contribution in [2.24, 2.45) is 0 Å². The van der Waals surface area contributed by atoms with Crippen LogP contribution in [0.4, 0.5) is 5.69 Å². The van der Waals surface area contributed by atoms with Crippen LogP contribution in [0.5, 0.6) is 5.75 Å². The standard InChI is InChI=1S/C25H23N5O3S2/c1-33-20-10-5-4-9-19(20)30-22(15-26-24(32)21-11-6-14-34-21)27-28-25(30)35-16-23(31)29-13-12-17-7-2-3-8-18(17)29/h2-11,14H,12-13,15-16H2,1H3,(H,26,32). The first-order chi connectivity index (χ1) is 17.2. The van der Waals surface area contributed by atoms with Crippen LogP contribution in [0.15, 0.2) is 71.2 Å². The lowest BCUT2D eigenvalue weighted by molar-refractivity contribution is -0.116.